The van der Waals surface area contributed by atoms with Gasteiger partial charge in [-0.1, -0.05) is 148 Å². The number of alkyl halides is 5. The van der Waals surface area contributed by atoms with Gasteiger partial charge in [-0.05, 0) is 149 Å². The van der Waals surface area contributed by atoms with Crippen LogP contribution < -0.4 is 15.9 Å². The lowest BCUT2D eigenvalue weighted by Crippen LogP contribution is -2.41. The molecule has 0 fully saturated rings. The van der Waals surface area contributed by atoms with Crippen molar-refractivity contribution in [3.8, 4) is 0 Å². The number of allylic oxidation sites excluding steroid dienone is 1. The van der Waals surface area contributed by atoms with Crippen molar-refractivity contribution in [1.29, 1.82) is 0 Å². The van der Waals surface area contributed by atoms with Crippen LogP contribution in [-0.4, -0.2) is 47.9 Å². The van der Waals surface area contributed by atoms with E-state index in [1.165, 1.54) is 22.0 Å². The molecule has 0 heterocycles. The van der Waals surface area contributed by atoms with Crippen molar-refractivity contribution in [2.75, 3.05) is 25.2 Å². The van der Waals surface area contributed by atoms with Gasteiger partial charge in [-0.2, -0.15) is 0 Å². The Labute approximate surface area is 371 Å². The fourth-order valence-corrected chi connectivity index (χ4v) is 8.06. The number of benzene rings is 3. The highest BCUT2D eigenvalue weighted by molar-refractivity contribution is 9.52. The Hall–Kier alpha value is 0.144. The second-order valence-corrected chi connectivity index (χ2v) is 38.9. The van der Waals surface area contributed by atoms with Crippen LogP contribution in [0.1, 0.15) is 54.4 Å². The molecule has 0 unspecified atom stereocenters. The quantitative estimate of drug-likeness (QED) is 0.105. The highest BCUT2D eigenvalue weighted by Crippen LogP contribution is 2.40. The molecule has 0 spiro atoms. The molecule has 0 amide bonds. The minimum Gasteiger partial charge on any atom is -0.410 e. The molecule has 0 atom stereocenters. The van der Waals surface area contributed by atoms with Crippen molar-refractivity contribution in [3.05, 3.63) is 115 Å². The van der Waals surface area contributed by atoms with Crippen LogP contribution in [-0.2, 0) is 8.85 Å². The fourth-order valence-electron chi connectivity index (χ4n) is 3.66. The predicted octanol–water partition coefficient (Wildman–Crippen LogP) is 14.5. The molecule has 1 N–H and O–H groups in total. The zero-order chi connectivity index (χ0) is 41.6. The van der Waals surface area contributed by atoms with Crippen molar-refractivity contribution >= 4 is 120 Å². The van der Waals surface area contributed by atoms with Crippen LogP contribution in [0.2, 0.25) is 36.3 Å². The van der Waals surface area contributed by atoms with Crippen molar-refractivity contribution in [2.45, 2.75) is 91.7 Å². The lowest BCUT2D eigenvalue weighted by atomic mass is 10.2. The van der Waals surface area contributed by atoms with E-state index in [9.17, 15) is 8.78 Å². The molecule has 0 radical (unpaired) electrons. The molecule has 54 heavy (non-hydrogen) atoms. The number of aliphatic hydroxyl groups is 1. The standard InChI is InChI=1S/C18H15P.C11H22BrFOSi.C11H23FO2Si.CBr4/c1-4-10-16(11-5-1)19(17-12-6-2-7-13-17)18-14-8-3-9-15-18;1-11(2,3)15(4,5)14-9-10(13)7-6-8-12;1-11(2,3)15(4,5)14-9-10(12)7-6-8-13;2-1(3,4)5/h1-15H;7H,6,8-9H2,1-5H3;7,13H,6,8-9H2,1-5H3;/b;2*10-7+;. The van der Waals surface area contributed by atoms with Gasteiger partial charge in [0.15, 0.2) is 17.7 Å². The molecule has 0 aliphatic carbocycles. The lowest BCUT2D eigenvalue weighted by molar-refractivity contribution is 0.284. The zero-order valence-corrected chi connectivity index (χ0v) is 44.2. The molecule has 3 aromatic rings. The third kappa shape index (κ3) is 24.8. The molecular weight excluding hydrogens is 1070 g/mol. The SMILES string of the molecule is BrC(Br)(Br)Br.CC(C)(C)[Si](C)(C)OC/C(F)=C\CCBr.CC(C)(C)[Si](C)(C)OC/C(F)=C\CCO.c1ccc(P(c2ccccc2)c2ccccc2)cc1. The summed E-state index contributed by atoms with van der Waals surface area (Å²) in [6.45, 7) is 21.4. The average molecular weight is 1130 g/mol. The third-order valence-corrected chi connectivity index (χ3v) is 20.6. The monoisotopic (exact) mass is 1120 g/mol. The van der Waals surface area contributed by atoms with Crippen LogP contribution in [0.15, 0.2) is 115 Å². The van der Waals surface area contributed by atoms with Gasteiger partial charge in [-0.15, -0.1) is 0 Å². The van der Waals surface area contributed by atoms with E-state index in [2.05, 4.69) is 238 Å². The molecule has 3 rings (SSSR count). The van der Waals surface area contributed by atoms with E-state index in [1.54, 1.807) is 6.08 Å². The fraction of sp³-hybridized carbons (Fsp3) is 0.463. The summed E-state index contributed by atoms with van der Waals surface area (Å²) < 4.78 is 37.6. The Bertz CT molecular complexity index is 1330. The van der Waals surface area contributed by atoms with Gasteiger partial charge in [-0.3, -0.25) is 0 Å². The van der Waals surface area contributed by atoms with E-state index in [-0.39, 0.29) is 42.6 Å². The Morgan fingerprint density at radius 2 is 0.889 bits per heavy atom. The van der Waals surface area contributed by atoms with E-state index in [4.69, 9.17) is 14.0 Å². The number of aliphatic hydroxyl groups excluding tert-OH is 1. The largest absolute Gasteiger partial charge is 0.410 e. The van der Waals surface area contributed by atoms with E-state index < -0.39 is 24.6 Å². The molecule has 0 bridgehead atoms. The van der Waals surface area contributed by atoms with E-state index in [0.717, 1.165) is 5.33 Å². The van der Waals surface area contributed by atoms with Gasteiger partial charge >= 0.3 is 0 Å². The van der Waals surface area contributed by atoms with E-state index in [1.807, 2.05) is 0 Å². The van der Waals surface area contributed by atoms with Gasteiger partial charge in [0.05, 0.1) is 13.2 Å². The van der Waals surface area contributed by atoms with Crippen LogP contribution in [0.4, 0.5) is 8.78 Å². The first-order valence-electron chi connectivity index (χ1n) is 17.7. The molecule has 13 heteroatoms. The van der Waals surface area contributed by atoms with Gasteiger partial charge in [0.2, 0.25) is 0 Å². The topological polar surface area (TPSA) is 38.7 Å². The molecule has 3 aromatic carbocycles. The smallest absolute Gasteiger partial charge is 0.192 e. The first kappa shape index (κ1) is 54.1. The normalized spacial score (nSPS) is 12.9. The number of hydrogen-bond acceptors (Lipinski definition) is 3. The van der Waals surface area contributed by atoms with E-state index >= 15 is 0 Å². The molecule has 3 nitrogen and oxygen atoms in total. The van der Waals surface area contributed by atoms with Gasteiger partial charge in [0.25, 0.3) is 0 Å². The average Bonchev–Trinajstić information content (AvgIpc) is 3.08. The molecular formula is C41H60Br5F2O3PSi2. The van der Waals surface area contributed by atoms with Crippen molar-refractivity contribution < 1.29 is 22.7 Å². The van der Waals surface area contributed by atoms with Crippen LogP contribution in [0.25, 0.3) is 0 Å². The Morgan fingerprint density at radius 1 is 0.611 bits per heavy atom. The molecule has 0 aliphatic heterocycles. The minimum atomic E-state index is -1.85. The highest BCUT2D eigenvalue weighted by atomic mass is 80.0. The van der Waals surface area contributed by atoms with Gasteiger partial charge in [-0.25, -0.2) is 8.78 Å². The Balaban J connectivity index is 0.000000742. The number of halogens is 7. The maximum Gasteiger partial charge on any atom is 0.192 e. The molecule has 0 aliphatic rings. The predicted molar refractivity (Wildman–Crippen MR) is 258 cm³/mol. The van der Waals surface area contributed by atoms with Crippen LogP contribution in [0.3, 0.4) is 0 Å². The van der Waals surface area contributed by atoms with Crippen LogP contribution >= 0.6 is 87.6 Å². The summed E-state index contributed by atoms with van der Waals surface area (Å²) in [5, 5.41) is 13.8. The van der Waals surface area contributed by atoms with Gasteiger partial charge in [0.1, 0.15) is 11.7 Å². The van der Waals surface area contributed by atoms with Gasteiger partial charge in [0, 0.05) is 11.9 Å². The third-order valence-electron chi connectivity index (χ3n) is 8.77. The summed E-state index contributed by atoms with van der Waals surface area (Å²) in [6, 6.07) is 32.3. The Morgan fingerprint density at radius 3 is 1.13 bits per heavy atom. The number of hydrogen-bond donors (Lipinski definition) is 1. The lowest BCUT2D eigenvalue weighted by Gasteiger charge is -2.35. The van der Waals surface area contributed by atoms with E-state index in [0.29, 0.717) is 12.8 Å². The van der Waals surface area contributed by atoms with Gasteiger partial charge < -0.3 is 14.0 Å². The highest BCUT2D eigenvalue weighted by Gasteiger charge is 2.38. The summed E-state index contributed by atoms with van der Waals surface area (Å²) in [5.41, 5.74) is 0. The first-order valence-corrected chi connectivity index (χ1v) is 29.2. The molecule has 0 saturated heterocycles. The summed E-state index contributed by atoms with van der Waals surface area (Å²) in [5.74, 6) is -0.437. The molecule has 304 valence electrons. The summed E-state index contributed by atoms with van der Waals surface area (Å²) in [7, 11) is -4.10. The minimum absolute atomic E-state index is 0.0203. The van der Waals surface area contributed by atoms with Crippen molar-refractivity contribution in [1.82, 2.24) is 0 Å². The molecule has 0 aromatic heterocycles. The maximum absolute atomic E-state index is 13.2. The maximum atomic E-state index is 13.2. The second-order valence-electron chi connectivity index (χ2n) is 15.2. The van der Waals surface area contributed by atoms with Crippen LogP contribution in [0.5, 0.6) is 0 Å². The summed E-state index contributed by atoms with van der Waals surface area (Å²) in [4.78, 5) is 0. The molecule has 0 saturated carbocycles. The summed E-state index contributed by atoms with van der Waals surface area (Å²) >= 11 is 15.8. The van der Waals surface area contributed by atoms with Crippen molar-refractivity contribution in [3.63, 3.8) is 0 Å². The van der Waals surface area contributed by atoms with Crippen molar-refractivity contribution in [2.24, 2.45) is 0 Å². The van der Waals surface area contributed by atoms with Crippen LogP contribution in [0, 0.1) is 0 Å². The first-order chi connectivity index (χ1) is 24.9. The Kier molecular flexibility index (Phi) is 27.1. The summed E-state index contributed by atoms with van der Waals surface area (Å²) in [6.07, 6.45) is 4.04. The number of rotatable bonds is 13. The zero-order valence-electron chi connectivity index (χ0n) is 33.4. The second kappa shape index (κ2) is 27.0.